The first-order valence-corrected chi connectivity index (χ1v) is 9.26. The normalized spacial score (nSPS) is 17.5. The van der Waals surface area contributed by atoms with E-state index in [1.165, 1.54) is 19.4 Å². The molecule has 1 aromatic carbocycles. The average Bonchev–Trinajstić information content (AvgIpc) is 3.12. The van der Waals surface area contributed by atoms with Crippen molar-refractivity contribution >= 4 is 35.8 Å². The molecule has 3 N–H and O–H groups in total. The summed E-state index contributed by atoms with van der Waals surface area (Å²) in [6.07, 6.45) is 3.39. The van der Waals surface area contributed by atoms with Gasteiger partial charge in [0.2, 0.25) is 0 Å². The zero-order chi connectivity index (χ0) is 17.9. The monoisotopic (exact) mass is 473 g/mol. The molecule has 0 aromatic heterocycles. The van der Waals surface area contributed by atoms with Gasteiger partial charge in [-0.1, -0.05) is 25.1 Å². The number of likely N-dealkylation sites (tertiary alicyclic amines) is 1. The molecule has 0 aliphatic carbocycles. The number of guanidine groups is 1. The number of hydrogen-bond donors (Lipinski definition) is 3. The van der Waals surface area contributed by atoms with Gasteiger partial charge in [0.15, 0.2) is 5.96 Å². The summed E-state index contributed by atoms with van der Waals surface area (Å²) in [6, 6.07) is 9.90. The average molecular weight is 473 g/mol. The molecular weight excluding hydrogens is 441 g/mol. The Balaban J connectivity index is 0.00000338. The van der Waals surface area contributed by atoms with Crippen LogP contribution in [0.2, 0.25) is 0 Å². The molecule has 0 bridgehead atoms. The highest BCUT2D eigenvalue weighted by Gasteiger charge is 2.22. The molecule has 1 aliphatic heterocycles. The minimum Gasteiger partial charge on any atom is -0.356 e. The number of aliphatic imine (C=N–C) groups is 1. The van der Waals surface area contributed by atoms with E-state index in [9.17, 15) is 4.79 Å². The summed E-state index contributed by atoms with van der Waals surface area (Å²) in [4.78, 5) is 18.7. The maximum Gasteiger partial charge on any atom is 0.251 e. The predicted octanol–water partition coefficient (Wildman–Crippen LogP) is 2.07. The standard InChI is InChI=1S/C19H31N5O.HI/c1-3-24-14-7-11-17(24)15-23-19(20-2)22-13-8-12-21-18(25)16-9-5-4-6-10-16;/h4-6,9-10,17H,3,7-8,11-15H2,1-2H3,(H,21,25)(H2,20,22,23);1H. The fourth-order valence-corrected chi connectivity index (χ4v) is 3.17. The topological polar surface area (TPSA) is 68.8 Å². The molecule has 1 unspecified atom stereocenters. The van der Waals surface area contributed by atoms with E-state index < -0.39 is 0 Å². The molecule has 6 nitrogen and oxygen atoms in total. The lowest BCUT2D eigenvalue weighted by Gasteiger charge is -2.24. The van der Waals surface area contributed by atoms with Crippen molar-refractivity contribution in [3.8, 4) is 0 Å². The van der Waals surface area contributed by atoms with Gasteiger partial charge in [-0.3, -0.25) is 14.7 Å². The number of nitrogens with one attached hydrogen (secondary N) is 3. The van der Waals surface area contributed by atoms with Gasteiger partial charge in [-0.25, -0.2) is 0 Å². The van der Waals surface area contributed by atoms with Crippen LogP contribution in [-0.4, -0.2) is 62.6 Å². The molecule has 1 aromatic rings. The van der Waals surface area contributed by atoms with Gasteiger partial charge in [0.05, 0.1) is 0 Å². The van der Waals surface area contributed by atoms with E-state index in [4.69, 9.17) is 0 Å². The van der Waals surface area contributed by atoms with Crippen LogP contribution in [0.1, 0.15) is 36.5 Å². The number of carbonyl (C=O) groups is 1. The highest BCUT2D eigenvalue weighted by molar-refractivity contribution is 14.0. The van der Waals surface area contributed by atoms with E-state index in [2.05, 4.69) is 32.8 Å². The molecule has 0 saturated carbocycles. The van der Waals surface area contributed by atoms with Crippen molar-refractivity contribution in [1.29, 1.82) is 0 Å². The molecular formula is C19H32IN5O. The van der Waals surface area contributed by atoms with Gasteiger partial charge < -0.3 is 16.0 Å². The predicted molar refractivity (Wildman–Crippen MR) is 118 cm³/mol. The summed E-state index contributed by atoms with van der Waals surface area (Å²) >= 11 is 0. The number of carbonyl (C=O) groups excluding carboxylic acids is 1. The largest absolute Gasteiger partial charge is 0.356 e. The van der Waals surface area contributed by atoms with Gasteiger partial charge in [-0.2, -0.15) is 0 Å². The summed E-state index contributed by atoms with van der Waals surface area (Å²) < 4.78 is 0. The quantitative estimate of drug-likeness (QED) is 0.234. The van der Waals surface area contributed by atoms with Crippen LogP contribution < -0.4 is 16.0 Å². The van der Waals surface area contributed by atoms with Crippen LogP contribution >= 0.6 is 24.0 Å². The van der Waals surface area contributed by atoms with Crippen molar-refractivity contribution in [3.05, 3.63) is 35.9 Å². The van der Waals surface area contributed by atoms with E-state index in [-0.39, 0.29) is 29.9 Å². The van der Waals surface area contributed by atoms with Crippen molar-refractivity contribution in [2.45, 2.75) is 32.2 Å². The van der Waals surface area contributed by atoms with E-state index in [1.54, 1.807) is 7.05 Å². The third kappa shape index (κ3) is 7.49. The Hall–Kier alpha value is -1.35. The fraction of sp³-hybridized carbons (Fsp3) is 0.579. The molecule has 7 heteroatoms. The van der Waals surface area contributed by atoms with Gasteiger partial charge in [0.1, 0.15) is 0 Å². The number of benzene rings is 1. The van der Waals surface area contributed by atoms with Crippen molar-refractivity contribution in [3.63, 3.8) is 0 Å². The zero-order valence-corrected chi connectivity index (χ0v) is 18.2. The van der Waals surface area contributed by atoms with Crippen molar-refractivity contribution < 1.29 is 4.79 Å². The van der Waals surface area contributed by atoms with Crippen molar-refractivity contribution in [2.24, 2.45) is 4.99 Å². The minimum absolute atomic E-state index is 0. The van der Waals surface area contributed by atoms with Crippen LogP contribution in [0.15, 0.2) is 35.3 Å². The molecule has 1 fully saturated rings. The highest BCUT2D eigenvalue weighted by atomic mass is 127. The number of hydrogen-bond acceptors (Lipinski definition) is 3. The molecule has 26 heavy (non-hydrogen) atoms. The molecule has 146 valence electrons. The Morgan fingerprint density at radius 1 is 1.19 bits per heavy atom. The second kappa shape index (κ2) is 12.9. The number of halogens is 1. The van der Waals surface area contributed by atoms with Crippen LogP contribution in [0.25, 0.3) is 0 Å². The van der Waals surface area contributed by atoms with Crippen molar-refractivity contribution in [2.75, 3.05) is 39.8 Å². The highest BCUT2D eigenvalue weighted by Crippen LogP contribution is 2.15. The number of likely N-dealkylation sites (N-methyl/N-ethyl adjacent to an activating group) is 1. The third-order valence-electron chi connectivity index (χ3n) is 4.60. The van der Waals surface area contributed by atoms with Crippen molar-refractivity contribution in [1.82, 2.24) is 20.9 Å². The second-order valence-corrected chi connectivity index (χ2v) is 6.28. The fourth-order valence-electron chi connectivity index (χ4n) is 3.17. The van der Waals surface area contributed by atoms with Crippen LogP contribution in [0.5, 0.6) is 0 Å². The van der Waals surface area contributed by atoms with Crippen LogP contribution in [0, 0.1) is 0 Å². The minimum atomic E-state index is -0.0241. The van der Waals surface area contributed by atoms with Gasteiger partial charge in [-0.05, 0) is 44.5 Å². The van der Waals surface area contributed by atoms with Crippen LogP contribution in [-0.2, 0) is 0 Å². The second-order valence-electron chi connectivity index (χ2n) is 6.28. The third-order valence-corrected chi connectivity index (χ3v) is 4.60. The summed E-state index contributed by atoms with van der Waals surface area (Å²) in [5.74, 6) is 0.807. The lowest BCUT2D eigenvalue weighted by atomic mass is 10.2. The van der Waals surface area contributed by atoms with Gasteiger partial charge in [-0.15, -0.1) is 24.0 Å². The summed E-state index contributed by atoms with van der Waals surface area (Å²) in [7, 11) is 1.79. The Morgan fingerprint density at radius 3 is 2.62 bits per heavy atom. The maximum atomic E-state index is 11.9. The van der Waals surface area contributed by atoms with E-state index in [0.29, 0.717) is 18.2 Å². The van der Waals surface area contributed by atoms with E-state index in [0.717, 1.165) is 32.0 Å². The SMILES string of the molecule is CCN1CCCC1CNC(=NC)NCCCNC(=O)c1ccccc1.I. The van der Waals surface area contributed by atoms with Crippen LogP contribution in [0.3, 0.4) is 0 Å². The Bertz CT molecular complexity index is 552. The van der Waals surface area contributed by atoms with Gasteiger partial charge in [0.25, 0.3) is 5.91 Å². The smallest absolute Gasteiger partial charge is 0.251 e. The van der Waals surface area contributed by atoms with Gasteiger partial charge >= 0.3 is 0 Å². The molecule has 0 spiro atoms. The summed E-state index contributed by atoms with van der Waals surface area (Å²) in [6.45, 7) is 6.88. The molecule has 1 saturated heterocycles. The number of amides is 1. The number of nitrogens with zero attached hydrogens (tertiary/aromatic N) is 2. The first-order valence-electron chi connectivity index (χ1n) is 9.26. The lowest BCUT2D eigenvalue weighted by Crippen LogP contribution is -2.45. The Morgan fingerprint density at radius 2 is 1.92 bits per heavy atom. The molecule has 2 rings (SSSR count). The first kappa shape index (κ1) is 22.7. The molecule has 1 atom stereocenters. The first-order chi connectivity index (χ1) is 12.2. The molecule has 1 amide bonds. The van der Waals surface area contributed by atoms with E-state index in [1.807, 2.05) is 30.3 Å². The van der Waals surface area contributed by atoms with E-state index >= 15 is 0 Å². The molecule has 0 radical (unpaired) electrons. The summed E-state index contributed by atoms with van der Waals surface area (Å²) in [5, 5.41) is 9.65. The Kier molecular flexibility index (Phi) is 11.3. The summed E-state index contributed by atoms with van der Waals surface area (Å²) in [5.41, 5.74) is 0.699. The Labute approximate surface area is 174 Å². The maximum absolute atomic E-state index is 11.9. The lowest BCUT2D eigenvalue weighted by molar-refractivity contribution is 0.0953. The van der Waals surface area contributed by atoms with Crippen LogP contribution in [0.4, 0.5) is 0 Å². The molecule has 1 heterocycles. The zero-order valence-electron chi connectivity index (χ0n) is 15.8. The molecule has 1 aliphatic rings. The van der Waals surface area contributed by atoms with Gasteiger partial charge in [0, 0.05) is 38.3 Å². The number of rotatable bonds is 8.